The second kappa shape index (κ2) is 11.1. The summed E-state index contributed by atoms with van der Waals surface area (Å²) in [6.45, 7) is 8.52. The number of benzene rings is 1. The number of aromatic nitrogens is 3. The zero-order valence-corrected chi connectivity index (χ0v) is 19.3. The first kappa shape index (κ1) is 23.1. The number of likely N-dealkylation sites (N-methyl/N-ethyl adjacent to an activating group) is 1. The lowest BCUT2D eigenvalue weighted by Gasteiger charge is -2.32. The van der Waals surface area contributed by atoms with E-state index in [1.165, 1.54) is 0 Å². The van der Waals surface area contributed by atoms with E-state index in [0.29, 0.717) is 24.7 Å². The van der Waals surface area contributed by atoms with E-state index in [2.05, 4.69) is 38.8 Å². The largest absolute Gasteiger partial charge is 0.494 e. The van der Waals surface area contributed by atoms with Crippen LogP contribution in [0.1, 0.15) is 42.3 Å². The normalized spacial score (nSPS) is 15.7. The number of aliphatic hydroxyl groups is 1. The van der Waals surface area contributed by atoms with Gasteiger partial charge in [-0.15, -0.1) is 0 Å². The number of hydrogen-bond donors (Lipinski definition) is 1. The van der Waals surface area contributed by atoms with Gasteiger partial charge in [0.15, 0.2) is 0 Å². The Morgan fingerprint density at radius 1 is 1.15 bits per heavy atom. The Bertz CT molecular complexity index is 1070. The summed E-state index contributed by atoms with van der Waals surface area (Å²) in [4.78, 5) is 9.03. The van der Waals surface area contributed by atoms with E-state index in [9.17, 15) is 5.11 Å². The van der Waals surface area contributed by atoms with Crippen LogP contribution in [0.3, 0.4) is 0 Å². The Morgan fingerprint density at radius 3 is 2.70 bits per heavy atom. The molecule has 33 heavy (non-hydrogen) atoms. The summed E-state index contributed by atoms with van der Waals surface area (Å²) in [5.74, 6) is 8.04. The molecule has 0 spiro atoms. The second-order valence-corrected chi connectivity index (χ2v) is 8.39. The zero-order chi connectivity index (χ0) is 23.0. The Balaban J connectivity index is 1.23. The molecule has 0 aliphatic carbocycles. The minimum Gasteiger partial charge on any atom is -0.494 e. The molecular weight excluding hydrogens is 418 g/mol. The molecular formula is C25H31N5O3. The van der Waals surface area contributed by atoms with Gasteiger partial charge >= 0.3 is 0 Å². The van der Waals surface area contributed by atoms with Gasteiger partial charge < -0.3 is 28.7 Å². The smallest absolute Gasteiger partial charge is 0.210 e. The average molecular weight is 450 g/mol. The average Bonchev–Trinajstić information content (AvgIpc) is 3.47. The molecule has 0 unspecified atom stereocenters. The third kappa shape index (κ3) is 6.68. The monoisotopic (exact) mass is 449 g/mol. The predicted octanol–water partition coefficient (Wildman–Crippen LogP) is 2.39. The van der Waals surface area contributed by atoms with Gasteiger partial charge in [0.1, 0.15) is 23.4 Å². The van der Waals surface area contributed by atoms with Gasteiger partial charge in [0.2, 0.25) is 5.76 Å². The van der Waals surface area contributed by atoms with E-state index < -0.39 is 6.10 Å². The van der Waals surface area contributed by atoms with Crippen LogP contribution in [0.5, 0.6) is 5.75 Å². The summed E-state index contributed by atoms with van der Waals surface area (Å²) in [5, 5.41) is 13.8. The first-order valence-corrected chi connectivity index (χ1v) is 11.4. The molecule has 0 saturated carbocycles. The maximum atomic E-state index is 9.77. The molecule has 1 saturated heterocycles. The minimum absolute atomic E-state index is 0.465. The number of aliphatic hydroxyl groups excluding tert-OH is 1. The van der Waals surface area contributed by atoms with Gasteiger partial charge in [0.05, 0.1) is 13.2 Å². The van der Waals surface area contributed by atoms with E-state index >= 15 is 0 Å². The molecule has 174 valence electrons. The Kier molecular flexibility index (Phi) is 7.79. The summed E-state index contributed by atoms with van der Waals surface area (Å²) in [5.41, 5.74) is 1.60. The molecule has 4 rings (SSSR count). The van der Waals surface area contributed by atoms with Crippen molar-refractivity contribution in [2.24, 2.45) is 0 Å². The number of imidazole rings is 1. The van der Waals surface area contributed by atoms with Crippen LogP contribution in [-0.2, 0) is 6.54 Å². The van der Waals surface area contributed by atoms with Crippen LogP contribution in [0.15, 0.2) is 47.2 Å². The molecule has 1 aromatic carbocycles. The summed E-state index contributed by atoms with van der Waals surface area (Å²) >= 11 is 0. The van der Waals surface area contributed by atoms with E-state index in [0.717, 1.165) is 56.2 Å². The molecule has 3 aromatic rings. The Hall–Kier alpha value is -3.12. The van der Waals surface area contributed by atoms with Crippen LogP contribution in [-0.4, -0.2) is 76.0 Å². The molecule has 1 N–H and O–H groups in total. The molecule has 1 aliphatic heterocycles. The van der Waals surface area contributed by atoms with Crippen LogP contribution in [0.4, 0.5) is 0 Å². The van der Waals surface area contributed by atoms with E-state index in [4.69, 9.17) is 9.26 Å². The molecule has 0 amide bonds. The molecule has 0 radical (unpaired) electrons. The van der Waals surface area contributed by atoms with Crippen LogP contribution in [0.2, 0.25) is 0 Å². The summed E-state index contributed by atoms with van der Waals surface area (Å²) in [6.07, 6.45) is 3.84. The van der Waals surface area contributed by atoms with E-state index in [-0.39, 0.29) is 0 Å². The van der Waals surface area contributed by atoms with Gasteiger partial charge in [0.25, 0.3) is 0 Å². The fourth-order valence-corrected chi connectivity index (χ4v) is 3.76. The number of hydrogen-bond acceptors (Lipinski definition) is 7. The van der Waals surface area contributed by atoms with Gasteiger partial charge in [-0.05, 0) is 50.6 Å². The molecule has 8 nitrogen and oxygen atoms in total. The van der Waals surface area contributed by atoms with Crippen LogP contribution in [0, 0.1) is 11.8 Å². The third-order valence-corrected chi connectivity index (χ3v) is 5.68. The van der Waals surface area contributed by atoms with Gasteiger partial charge in [0, 0.05) is 56.7 Å². The maximum Gasteiger partial charge on any atom is 0.210 e. The van der Waals surface area contributed by atoms with Crippen molar-refractivity contribution in [3.05, 3.63) is 65.6 Å². The zero-order valence-electron chi connectivity index (χ0n) is 19.3. The van der Waals surface area contributed by atoms with Crippen molar-refractivity contribution in [2.45, 2.75) is 26.0 Å². The van der Waals surface area contributed by atoms with Crippen molar-refractivity contribution < 1.29 is 14.4 Å². The molecule has 3 heterocycles. The van der Waals surface area contributed by atoms with Gasteiger partial charge in [-0.2, -0.15) is 0 Å². The SMILES string of the molecule is C[C@H](O)c1nccn1Cc1cc(C#Cc2ccc(OCCCN3CCN(C)CC3)cc2)on1. The fourth-order valence-electron chi connectivity index (χ4n) is 3.76. The molecule has 1 fully saturated rings. The van der Waals surface area contributed by atoms with E-state index in [1.54, 1.807) is 25.4 Å². The van der Waals surface area contributed by atoms with Crippen molar-refractivity contribution in [2.75, 3.05) is 46.4 Å². The summed E-state index contributed by atoms with van der Waals surface area (Å²) in [7, 11) is 2.18. The van der Waals surface area contributed by atoms with Crippen molar-refractivity contribution in [3.63, 3.8) is 0 Å². The molecule has 1 aliphatic rings. The van der Waals surface area contributed by atoms with E-state index in [1.807, 2.05) is 28.8 Å². The topological polar surface area (TPSA) is 79.8 Å². The van der Waals surface area contributed by atoms with Crippen molar-refractivity contribution in [1.29, 1.82) is 0 Å². The van der Waals surface area contributed by atoms with Crippen LogP contribution >= 0.6 is 0 Å². The lowest BCUT2D eigenvalue weighted by Crippen LogP contribution is -2.44. The lowest BCUT2D eigenvalue weighted by molar-refractivity contribution is 0.145. The molecule has 0 bridgehead atoms. The highest BCUT2D eigenvalue weighted by Crippen LogP contribution is 2.14. The van der Waals surface area contributed by atoms with Gasteiger partial charge in [-0.1, -0.05) is 11.1 Å². The van der Waals surface area contributed by atoms with Crippen LogP contribution in [0.25, 0.3) is 0 Å². The second-order valence-electron chi connectivity index (χ2n) is 8.39. The first-order chi connectivity index (χ1) is 16.1. The Labute approximate surface area is 194 Å². The number of piperazine rings is 1. The highest BCUT2D eigenvalue weighted by Gasteiger charge is 2.13. The van der Waals surface area contributed by atoms with Crippen molar-refractivity contribution in [3.8, 4) is 17.6 Å². The highest BCUT2D eigenvalue weighted by atomic mass is 16.5. The number of ether oxygens (including phenoxy) is 1. The van der Waals surface area contributed by atoms with Crippen molar-refractivity contribution in [1.82, 2.24) is 24.5 Å². The van der Waals surface area contributed by atoms with Crippen molar-refractivity contribution >= 4 is 0 Å². The minimum atomic E-state index is -0.643. The highest BCUT2D eigenvalue weighted by molar-refractivity contribution is 5.41. The fraction of sp³-hybridized carbons (Fsp3) is 0.440. The Morgan fingerprint density at radius 2 is 1.94 bits per heavy atom. The van der Waals surface area contributed by atoms with Crippen LogP contribution < -0.4 is 4.74 Å². The number of nitrogens with zero attached hydrogens (tertiary/aromatic N) is 5. The lowest BCUT2D eigenvalue weighted by atomic mass is 10.2. The first-order valence-electron chi connectivity index (χ1n) is 11.4. The molecule has 1 atom stereocenters. The molecule has 2 aromatic heterocycles. The quantitative estimate of drug-likeness (QED) is 0.418. The van der Waals surface area contributed by atoms with Gasteiger partial charge in [-0.3, -0.25) is 0 Å². The molecule has 8 heteroatoms. The maximum absolute atomic E-state index is 9.77. The standard InChI is InChI=1S/C25H31N5O3/c1-20(31)25-26-10-12-30(25)19-22-18-24(33-27-22)9-6-21-4-7-23(8-5-21)32-17-3-11-29-15-13-28(2)14-16-29/h4-5,7-8,10,12,18,20,31H,3,11,13-17,19H2,1-2H3/t20-/m0/s1. The number of rotatable bonds is 8. The summed E-state index contributed by atoms with van der Waals surface area (Å²) in [6, 6.07) is 9.59. The predicted molar refractivity (Wildman–Crippen MR) is 125 cm³/mol. The van der Waals surface area contributed by atoms with Gasteiger partial charge in [-0.25, -0.2) is 4.98 Å². The summed E-state index contributed by atoms with van der Waals surface area (Å²) < 4.78 is 13.0. The third-order valence-electron chi connectivity index (χ3n) is 5.68.